The number of nitrogens with zero attached hydrogens (tertiary/aromatic N) is 2. The van der Waals surface area contributed by atoms with Gasteiger partial charge in [-0.25, -0.2) is 8.78 Å². The molecular weight excluding hydrogens is 466 g/mol. The normalized spacial score (nSPS) is 14.5. The van der Waals surface area contributed by atoms with E-state index in [1.165, 1.54) is 29.8 Å². The molecule has 0 N–H and O–H groups in total. The van der Waals surface area contributed by atoms with E-state index in [0.29, 0.717) is 6.54 Å². The third kappa shape index (κ3) is 5.80. The van der Waals surface area contributed by atoms with Crippen LogP contribution in [0.5, 0.6) is 5.75 Å². The number of benzene rings is 3. The molecule has 2 aliphatic heterocycles. The summed E-state index contributed by atoms with van der Waals surface area (Å²) in [7, 11) is 0. The standard InChI is InChI=1S/C29H26F2N2O.ClH/c30-25-11-7-21(8-12-25)27(22-9-13-26(31)14-10-22)5-3-16-32-18-23-15-17-33-19-24-4-1-2-6-29(24)34-20-28(23)33;/h1-2,4,6-15,18,20,27H,3,5,16-17,19H2;1H. The van der Waals surface area contributed by atoms with Gasteiger partial charge in [-0.2, -0.15) is 0 Å². The highest BCUT2D eigenvalue weighted by Crippen LogP contribution is 2.32. The van der Waals surface area contributed by atoms with Crippen molar-refractivity contribution in [1.29, 1.82) is 0 Å². The van der Waals surface area contributed by atoms with Crippen molar-refractivity contribution in [3.8, 4) is 5.75 Å². The molecule has 0 spiro atoms. The summed E-state index contributed by atoms with van der Waals surface area (Å²) in [4.78, 5) is 6.96. The second-order valence-corrected chi connectivity index (χ2v) is 8.60. The van der Waals surface area contributed by atoms with Crippen LogP contribution in [0.2, 0.25) is 0 Å². The fraction of sp³-hybridized carbons (Fsp3) is 0.207. The maximum absolute atomic E-state index is 13.4. The number of para-hydroxylation sites is 1. The number of allylic oxidation sites excluding steroid dienone is 1. The molecule has 6 heteroatoms. The lowest BCUT2D eigenvalue weighted by Crippen LogP contribution is -2.17. The average Bonchev–Trinajstić information content (AvgIpc) is 3.13. The lowest BCUT2D eigenvalue weighted by Gasteiger charge is -2.18. The number of hydrogen-bond acceptors (Lipinski definition) is 3. The maximum atomic E-state index is 13.4. The van der Waals surface area contributed by atoms with Crippen LogP contribution < -0.4 is 4.74 Å². The highest BCUT2D eigenvalue weighted by Gasteiger charge is 2.23. The topological polar surface area (TPSA) is 24.8 Å². The summed E-state index contributed by atoms with van der Waals surface area (Å²) < 4.78 is 32.8. The van der Waals surface area contributed by atoms with E-state index < -0.39 is 0 Å². The number of halogens is 3. The molecule has 0 amide bonds. The summed E-state index contributed by atoms with van der Waals surface area (Å²) in [6.07, 6.45) is 7.60. The van der Waals surface area contributed by atoms with E-state index in [0.717, 1.165) is 54.1 Å². The Morgan fingerprint density at radius 2 is 1.57 bits per heavy atom. The SMILES string of the molecule is Cl.Fc1ccc(C(CCCN=CC2=CCN3Cc4ccccc4OC=C23)c2ccc(F)cc2)cc1. The number of rotatable bonds is 7. The molecule has 180 valence electrons. The van der Waals surface area contributed by atoms with Gasteiger partial charge in [-0.1, -0.05) is 48.5 Å². The molecule has 0 fully saturated rings. The van der Waals surface area contributed by atoms with Gasteiger partial charge in [0.05, 0.1) is 5.70 Å². The van der Waals surface area contributed by atoms with E-state index in [-0.39, 0.29) is 30.0 Å². The lowest BCUT2D eigenvalue weighted by atomic mass is 9.87. The molecule has 5 rings (SSSR count). The van der Waals surface area contributed by atoms with Gasteiger partial charge in [0, 0.05) is 42.9 Å². The maximum Gasteiger partial charge on any atom is 0.131 e. The highest BCUT2D eigenvalue weighted by atomic mass is 35.5. The van der Waals surface area contributed by atoms with E-state index in [1.807, 2.05) is 30.7 Å². The third-order valence-corrected chi connectivity index (χ3v) is 6.35. The van der Waals surface area contributed by atoms with Crippen LogP contribution in [0.4, 0.5) is 8.78 Å². The molecule has 0 aliphatic carbocycles. The van der Waals surface area contributed by atoms with Gasteiger partial charge in [-0.05, 0) is 54.3 Å². The first-order valence-electron chi connectivity index (χ1n) is 11.6. The fourth-order valence-electron chi connectivity index (χ4n) is 4.55. The first kappa shape index (κ1) is 24.7. The second-order valence-electron chi connectivity index (χ2n) is 8.60. The van der Waals surface area contributed by atoms with Crippen molar-refractivity contribution in [2.45, 2.75) is 25.3 Å². The first-order chi connectivity index (χ1) is 16.7. The molecule has 0 saturated carbocycles. The number of fused-ring (bicyclic) bond motifs is 2. The van der Waals surface area contributed by atoms with Crippen LogP contribution in [0, 0.1) is 11.6 Å². The molecule has 35 heavy (non-hydrogen) atoms. The van der Waals surface area contributed by atoms with E-state index in [2.05, 4.69) is 22.0 Å². The van der Waals surface area contributed by atoms with Crippen LogP contribution in [0.3, 0.4) is 0 Å². The number of aliphatic imine (C=N–C) groups is 1. The van der Waals surface area contributed by atoms with E-state index >= 15 is 0 Å². The van der Waals surface area contributed by atoms with Crippen LogP contribution in [0.25, 0.3) is 0 Å². The summed E-state index contributed by atoms with van der Waals surface area (Å²) in [5.41, 5.74) is 5.34. The van der Waals surface area contributed by atoms with Crippen LogP contribution in [-0.4, -0.2) is 24.2 Å². The summed E-state index contributed by atoms with van der Waals surface area (Å²) in [5.74, 6) is 0.442. The van der Waals surface area contributed by atoms with Crippen LogP contribution in [0.15, 0.2) is 101 Å². The summed E-state index contributed by atoms with van der Waals surface area (Å²) in [5, 5.41) is 0. The minimum absolute atomic E-state index is 0. The molecule has 0 unspecified atom stereocenters. The Bertz CT molecular complexity index is 1190. The van der Waals surface area contributed by atoms with Gasteiger partial charge in [-0.3, -0.25) is 4.99 Å². The minimum atomic E-state index is -0.259. The Morgan fingerprint density at radius 3 is 2.26 bits per heavy atom. The summed E-state index contributed by atoms with van der Waals surface area (Å²) >= 11 is 0. The Hall–Kier alpha value is -3.44. The zero-order chi connectivity index (χ0) is 23.3. The zero-order valence-corrected chi connectivity index (χ0v) is 20.1. The van der Waals surface area contributed by atoms with Crippen molar-refractivity contribution in [3.05, 3.63) is 125 Å². The molecule has 0 aromatic heterocycles. The Morgan fingerprint density at radius 1 is 0.914 bits per heavy atom. The van der Waals surface area contributed by atoms with Crippen LogP contribution >= 0.6 is 12.4 Å². The number of ether oxygens (including phenoxy) is 1. The molecule has 2 aliphatic rings. The van der Waals surface area contributed by atoms with E-state index in [9.17, 15) is 8.78 Å². The average molecular weight is 493 g/mol. The third-order valence-electron chi connectivity index (χ3n) is 6.35. The van der Waals surface area contributed by atoms with Gasteiger partial charge in [0.2, 0.25) is 0 Å². The van der Waals surface area contributed by atoms with Gasteiger partial charge in [-0.15, -0.1) is 12.4 Å². The van der Waals surface area contributed by atoms with Crippen molar-refractivity contribution >= 4 is 18.6 Å². The molecule has 3 nitrogen and oxygen atoms in total. The molecule has 0 atom stereocenters. The largest absolute Gasteiger partial charge is 0.462 e. The predicted molar refractivity (Wildman–Crippen MR) is 138 cm³/mol. The van der Waals surface area contributed by atoms with Crippen LogP contribution in [-0.2, 0) is 6.54 Å². The van der Waals surface area contributed by atoms with Gasteiger partial charge < -0.3 is 9.64 Å². The Labute approximate surface area is 210 Å². The zero-order valence-electron chi connectivity index (χ0n) is 19.2. The molecule has 0 bridgehead atoms. The van der Waals surface area contributed by atoms with Gasteiger partial charge >= 0.3 is 0 Å². The molecule has 3 aromatic carbocycles. The highest BCUT2D eigenvalue weighted by molar-refractivity contribution is 5.85. The van der Waals surface area contributed by atoms with E-state index in [4.69, 9.17) is 4.74 Å². The van der Waals surface area contributed by atoms with Crippen molar-refractivity contribution in [3.63, 3.8) is 0 Å². The lowest BCUT2D eigenvalue weighted by molar-refractivity contribution is 0.398. The van der Waals surface area contributed by atoms with Crippen molar-refractivity contribution < 1.29 is 13.5 Å². The predicted octanol–water partition coefficient (Wildman–Crippen LogP) is 7.05. The summed E-state index contributed by atoms with van der Waals surface area (Å²) in [6.45, 7) is 2.32. The number of hydrogen-bond donors (Lipinski definition) is 0. The fourth-order valence-corrected chi connectivity index (χ4v) is 4.55. The van der Waals surface area contributed by atoms with Gasteiger partial charge in [0.15, 0.2) is 0 Å². The van der Waals surface area contributed by atoms with Crippen LogP contribution in [0.1, 0.15) is 35.4 Å². The van der Waals surface area contributed by atoms with E-state index in [1.54, 1.807) is 24.3 Å². The molecule has 3 aromatic rings. The van der Waals surface area contributed by atoms with Gasteiger partial charge in [0.1, 0.15) is 23.6 Å². The molecule has 0 radical (unpaired) electrons. The molecule has 0 saturated heterocycles. The second kappa shape index (κ2) is 11.3. The van der Waals surface area contributed by atoms with Crippen molar-refractivity contribution in [2.24, 2.45) is 4.99 Å². The smallest absolute Gasteiger partial charge is 0.131 e. The monoisotopic (exact) mass is 492 g/mol. The van der Waals surface area contributed by atoms with Crippen molar-refractivity contribution in [2.75, 3.05) is 13.1 Å². The van der Waals surface area contributed by atoms with Gasteiger partial charge in [0.25, 0.3) is 0 Å². The Balaban J connectivity index is 0.00000289. The van der Waals surface area contributed by atoms with Crippen molar-refractivity contribution in [1.82, 2.24) is 4.90 Å². The summed E-state index contributed by atoms with van der Waals surface area (Å²) in [6, 6.07) is 21.2. The first-order valence-corrected chi connectivity index (χ1v) is 11.6. The molecule has 2 heterocycles. The Kier molecular flexibility index (Phi) is 7.98. The minimum Gasteiger partial charge on any atom is -0.462 e. The molecular formula is C29H27ClF2N2O. The quantitative estimate of drug-likeness (QED) is 0.261.